The van der Waals surface area contributed by atoms with Gasteiger partial charge in [0.1, 0.15) is 5.75 Å². The number of aromatic nitrogens is 1. The number of Topliss-reactive ketones (excluding diaryl/α,β-unsaturated/α-hetero) is 1. The fourth-order valence-corrected chi connectivity index (χ4v) is 4.64. The van der Waals surface area contributed by atoms with Crippen LogP contribution in [0.2, 0.25) is 0 Å². The molecule has 1 N–H and O–H groups in total. The maximum Gasteiger partial charge on any atom is 0.230 e. The van der Waals surface area contributed by atoms with E-state index in [0.717, 1.165) is 21.3 Å². The van der Waals surface area contributed by atoms with Crippen LogP contribution in [-0.4, -0.2) is 29.5 Å². The molecule has 2 aromatic carbocycles. The number of carbonyl (C=O) groups excluding carboxylic acids is 2. The average molecular weight is 441 g/mol. The lowest BCUT2D eigenvalue weighted by Crippen LogP contribution is -2.16. The van der Waals surface area contributed by atoms with Crippen molar-refractivity contribution < 1.29 is 14.3 Å². The maximum absolute atomic E-state index is 12.5. The first-order valence-corrected chi connectivity index (χ1v) is 11.5. The van der Waals surface area contributed by atoms with E-state index in [9.17, 15) is 9.59 Å². The standard InChI is InChI=1S/C23H24N2O3S2/c1-15(2)19-6-4-5-7-20(19)25-22(27)12-17-13-29-23(24-17)30-14-21(26)16-8-10-18(28-3)11-9-16/h4-11,13,15H,12,14H2,1-3H3,(H,25,27). The third-order valence-electron chi connectivity index (χ3n) is 4.47. The van der Waals surface area contributed by atoms with Gasteiger partial charge in [0.05, 0.1) is 25.0 Å². The minimum atomic E-state index is -0.0979. The smallest absolute Gasteiger partial charge is 0.230 e. The molecule has 0 aliphatic rings. The van der Waals surface area contributed by atoms with Crippen molar-refractivity contribution in [1.82, 2.24) is 4.98 Å². The molecule has 7 heteroatoms. The number of benzene rings is 2. The number of methoxy groups -OCH3 is 1. The fraction of sp³-hybridized carbons (Fsp3) is 0.261. The Bertz CT molecular complexity index is 1010. The van der Waals surface area contributed by atoms with Crippen LogP contribution in [0.1, 0.15) is 41.4 Å². The molecule has 1 heterocycles. The minimum Gasteiger partial charge on any atom is -0.497 e. The van der Waals surface area contributed by atoms with Gasteiger partial charge in [-0.25, -0.2) is 4.98 Å². The topological polar surface area (TPSA) is 68.3 Å². The molecule has 1 aromatic heterocycles. The lowest BCUT2D eigenvalue weighted by molar-refractivity contribution is -0.115. The Morgan fingerprint density at radius 3 is 2.57 bits per heavy atom. The third-order valence-corrected chi connectivity index (χ3v) is 6.54. The molecule has 5 nitrogen and oxygen atoms in total. The van der Waals surface area contributed by atoms with E-state index in [1.54, 1.807) is 31.4 Å². The van der Waals surface area contributed by atoms with Gasteiger partial charge in [-0.2, -0.15) is 0 Å². The van der Waals surface area contributed by atoms with E-state index in [1.165, 1.54) is 23.1 Å². The van der Waals surface area contributed by atoms with Crippen LogP contribution in [0.25, 0.3) is 0 Å². The number of hydrogen-bond donors (Lipinski definition) is 1. The summed E-state index contributed by atoms with van der Waals surface area (Å²) in [5, 5.41) is 4.85. The zero-order valence-corrected chi connectivity index (χ0v) is 18.8. The second-order valence-electron chi connectivity index (χ2n) is 7.01. The highest BCUT2D eigenvalue weighted by Crippen LogP contribution is 2.26. The van der Waals surface area contributed by atoms with Gasteiger partial charge in [-0.3, -0.25) is 9.59 Å². The first-order valence-electron chi connectivity index (χ1n) is 9.59. The molecule has 0 bridgehead atoms. The van der Waals surface area contributed by atoms with Crippen molar-refractivity contribution in [3.63, 3.8) is 0 Å². The monoisotopic (exact) mass is 440 g/mol. The first kappa shape index (κ1) is 22.1. The molecule has 30 heavy (non-hydrogen) atoms. The highest BCUT2D eigenvalue weighted by molar-refractivity contribution is 8.01. The molecular formula is C23H24N2O3S2. The molecular weight excluding hydrogens is 416 g/mol. The Kier molecular flexibility index (Phi) is 7.65. The molecule has 156 valence electrons. The molecule has 0 fully saturated rings. The van der Waals surface area contributed by atoms with E-state index in [2.05, 4.69) is 24.1 Å². The predicted octanol–water partition coefficient (Wildman–Crippen LogP) is 5.43. The molecule has 3 aromatic rings. The van der Waals surface area contributed by atoms with E-state index in [4.69, 9.17) is 4.74 Å². The Hall–Kier alpha value is -2.64. The third kappa shape index (κ3) is 5.93. The number of nitrogens with zero attached hydrogens (tertiary/aromatic N) is 1. The highest BCUT2D eigenvalue weighted by atomic mass is 32.2. The van der Waals surface area contributed by atoms with Gasteiger partial charge >= 0.3 is 0 Å². The van der Waals surface area contributed by atoms with Crippen molar-refractivity contribution in [1.29, 1.82) is 0 Å². The molecule has 0 unspecified atom stereocenters. The van der Waals surface area contributed by atoms with Gasteiger partial charge in [0.2, 0.25) is 5.91 Å². The van der Waals surface area contributed by atoms with Crippen LogP contribution >= 0.6 is 23.1 Å². The summed E-state index contributed by atoms with van der Waals surface area (Å²) < 4.78 is 5.89. The zero-order chi connectivity index (χ0) is 21.5. The van der Waals surface area contributed by atoms with Gasteiger partial charge in [-0.15, -0.1) is 11.3 Å². The van der Waals surface area contributed by atoms with E-state index in [-0.39, 0.29) is 18.1 Å². The van der Waals surface area contributed by atoms with Crippen molar-refractivity contribution in [3.8, 4) is 5.75 Å². The lowest BCUT2D eigenvalue weighted by atomic mass is 10.0. The summed E-state index contributed by atoms with van der Waals surface area (Å²) in [4.78, 5) is 29.3. The minimum absolute atomic E-state index is 0.0300. The van der Waals surface area contributed by atoms with E-state index in [0.29, 0.717) is 22.9 Å². The van der Waals surface area contributed by atoms with Gasteiger partial charge in [-0.1, -0.05) is 43.8 Å². The van der Waals surface area contributed by atoms with Crippen molar-refractivity contribution >= 4 is 40.5 Å². The van der Waals surface area contributed by atoms with Crippen LogP contribution < -0.4 is 10.1 Å². The second kappa shape index (κ2) is 10.4. The second-order valence-corrected chi connectivity index (χ2v) is 9.09. The maximum atomic E-state index is 12.5. The number of thiazole rings is 1. The normalized spacial score (nSPS) is 10.8. The summed E-state index contributed by atoms with van der Waals surface area (Å²) in [6.45, 7) is 4.20. The number of hydrogen-bond acceptors (Lipinski definition) is 6. The van der Waals surface area contributed by atoms with E-state index < -0.39 is 0 Å². The summed E-state index contributed by atoms with van der Waals surface area (Å²) in [7, 11) is 1.59. The average Bonchev–Trinajstić information content (AvgIpc) is 3.19. The van der Waals surface area contributed by atoms with Crippen LogP contribution in [0.3, 0.4) is 0 Å². The molecule has 3 rings (SSSR count). The molecule has 1 amide bonds. The molecule has 0 radical (unpaired) electrons. The molecule has 0 aliphatic heterocycles. The van der Waals surface area contributed by atoms with Crippen LogP contribution in [0.5, 0.6) is 5.75 Å². The Morgan fingerprint density at radius 2 is 1.87 bits per heavy atom. The number of anilines is 1. The molecule has 0 atom stereocenters. The highest BCUT2D eigenvalue weighted by Gasteiger charge is 2.13. The lowest BCUT2D eigenvalue weighted by Gasteiger charge is -2.13. The number of ketones is 1. The summed E-state index contributed by atoms with van der Waals surface area (Å²) in [6, 6.07) is 14.9. The first-order chi connectivity index (χ1) is 14.5. The number of rotatable bonds is 9. The van der Waals surface area contributed by atoms with Crippen molar-refractivity contribution in [2.24, 2.45) is 0 Å². The molecule has 0 saturated heterocycles. The van der Waals surface area contributed by atoms with Gasteiger partial charge in [0.15, 0.2) is 10.1 Å². The van der Waals surface area contributed by atoms with Crippen LogP contribution in [0, 0.1) is 0 Å². The summed E-state index contributed by atoms with van der Waals surface area (Å²) in [6.07, 6.45) is 0.204. The number of amides is 1. The zero-order valence-electron chi connectivity index (χ0n) is 17.2. The largest absolute Gasteiger partial charge is 0.497 e. The number of nitrogens with one attached hydrogen (secondary N) is 1. The van der Waals surface area contributed by atoms with E-state index >= 15 is 0 Å². The summed E-state index contributed by atoms with van der Waals surface area (Å²) >= 11 is 2.84. The number of para-hydroxylation sites is 1. The van der Waals surface area contributed by atoms with Gasteiger partial charge in [0.25, 0.3) is 0 Å². The van der Waals surface area contributed by atoms with Gasteiger partial charge in [-0.05, 0) is 41.8 Å². The molecule has 0 aliphatic carbocycles. The van der Waals surface area contributed by atoms with Gasteiger partial charge in [0, 0.05) is 16.6 Å². The van der Waals surface area contributed by atoms with Crippen LogP contribution in [0.4, 0.5) is 5.69 Å². The Labute approximate surface area is 184 Å². The number of thioether (sulfide) groups is 1. The van der Waals surface area contributed by atoms with Crippen molar-refractivity contribution in [2.75, 3.05) is 18.2 Å². The Balaban J connectivity index is 1.53. The molecule has 0 saturated carbocycles. The Morgan fingerprint density at radius 1 is 1.13 bits per heavy atom. The SMILES string of the molecule is COc1ccc(C(=O)CSc2nc(CC(=O)Nc3ccccc3C(C)C)cs2)cc1. The number of carbonyl (C=O) groups is 2. The predicted molar refractivity (Wildman–Crippen MR) is 123 cm³/mol. The number of ether oxygens (including phenoxy) is 1. The quantitative estimate of drug-likeness (QED) is 0.355. The van der Waals surface area contributed by atoms with Crippen LogP contribution in [0.15, 0.2) is 58.3 Å². The molecule has 0 spiro atoms. The van der Waals surface area contributed by atoms with Crippen molar-refractivity contribution in [3.05, 3.63) is 70.7 Å². The van der Waals surface area contributed by atoms with Gasteiger partial charge < -0.3 is 10.1 Å². The summed E-state index contributed by atoms with van der Waals surface area (Å²) in [5.74, 6) is 1.28. The van der Waals surface area contributed by atoms with Crippen LogP contribution in [-0.2, 0) is 11.2 Å². The van der Waals surface area contributed by atoms with E-state index in [1.807, 2.05) is 29.6 Å². The fourth-order valence-electron chi connectivity index (χ4n) is 2.90. The van der Waals surface area contributed by atoms with Crippen molar-refractivity contribution in [2.45, 2.75) is 30.5 Å². The summed E-state index contributed by atoms with van der Waals surface area (Å²) in [5.41, 5.74) is 3.30.